The molecule has 2 amide bonds. The van der Waals surface area contributed by atoms with Crippen molar-refractivity contribution in [2.24, 2.45) is 5.92 Å². The summed E-state index contributed by atoms with van der Waals surface area (Å²) in [5.41, 5.74) is 0. The van der Waals surface area contributed by atoms with Crippen LogP contribution in [0.15, 0.2) is 0 Å². The summed E-state index contributed by atoms with van der Waals surface area (Å²) in [7, 11) is 0. The Balaban J connectivity index is 2.17. The minimum atomic E-state index is -0.371. The summed E-state index contributed by atoms with van der Waals surface area (Å²) in [6, 6.07) is -0.719. The van der Waals surface area contributed by atoms with Crippen molar-refractivity contribution in [2.75, 3.05) is 13.2 Å². The van der Waals surface area contributed by atoms with E-state index in [1.165, 1.54) is 0 Å². The Morgan fingerprint density at radius 1 is 1.40 bits per heavy atom. The number of carbonyl (C=O) groups is 2. The van der Waals surface area contributed by atoms with E-state index < -0.39 is 0 Å². The van der Waals surface area contributed by atoms with Gasteiger partial charge in [0.1, 0.15) is 12.1 Å². The monoisotopic (exact) mass is 282 g/mol. The lowest BCUT2D eigenvalue weighted by molar-refractivity contribution is -0.153. The zero-order chi connectivity index (χ0) is 14.7. The highest BCUT2D eigenvalue weighted by molar-refractivity contribution is 5.97. The van der Waals surface area contributed by atoms with Crippen LogP contribution in [0.25, 0.3) is 0 Å². The topological polar surface area (TPSA) is 58.6 Å². The van der Waals surface area contributed by atoms with E-state index in [0.29, 0.717) is 13.0 Å². The van der Waals surface area contributed by atoms with Crippen molar-refractivity contribution >= 4 is 11.8 Å². The number of piperazine rings is 1. The lowest BCUT2D eigenvalue weighted by Crippen LogP contribution is -2.65. The average Bonchev–Trinajstić information content (AvgIpc) is 2.94. The van der Waals surface area contributed by atoms with E-state index in [-0.39, 0.29) is 35.9 Å². The number of carbonyl (C=O) groups excluding carboxylic acids is 2. The van der Waals surface area contributed by atoms with Gasteiger partial charge in [0.15, 0.2) is 0 Å². The van der Waals surface area contributed by atoms with Gasteiger partial charge in [-0.3, -0.25) is 9.59 Å². The predicted molar refractivity (Wildman–Crippen MR) is 76.2 cm³/mol. The molecule has 2 heterocycles. The third-order valence-electron chi connectivity index (χ3n) is 4.52. The molecule has 5 heteroatoms. The van der Waals surface area contributed by atoms with Gasteiger partial charge in [0.25, 0.3) is 0 Å². The summed E-state index contributed by atoms with van der Waals surface area (Å²) in [4.78, 5) is 26.7. The summed E-state index contributed by atoms with van der Waals surface area (Å²) in [6.07, 6.45) is 3.64. The van der Waals surface area contributed by atoms with Crippen molar-refractivity contribution in [3.63, 3.8) is 0 Å². The number of nitrogens with zero attached hydrogens (tertiary/aromatic N) is 1. The first kappa shape index (κ1) is 15.3. The molecule has 5 nitrogen and oxygen atoms in total. The third-order valence-corrected chi connectivity index (χ3v) is 4.52. The van der Waals surface area contributed by atoms with Gasteiger partial charge in [0.2, 0.25) is 11.8 Å². The van der Waals surface area contributed by atoms with Crippen LogP contribution in [0, 0.1) is 5.92 Å². The van der Waals surface area contributed by atoms with Gasteiger partial charge in [-0.1, -0.05) is 27.2 Å². The molecular weight excluding hydrogens is 256 g/mol. The first-order valence-electron chi connectivity index (χ1n) is 7.80. The highest BCUT2D eigenvalue weighted by Gasteiger charge is 2.42. The molecule has 2 aliphatic rings. The minimum absolute atomic E-state index is 0.0104. The molecule has 2 aliphatic heterocycles. The van der Waals surface area contributed by atoms with Crippen molar-refractivity contribution in [2.45, 2.75) is 64.6 Å². The normalized spacial score (nSPS) is 32.4. The van der Waals surface area contributed by atoms with Gasteiger partial charge < -0.3 is 15.0 Å². The van der Waals surface area contributed by atoms with E-state index in [4.69, 9.17) is 4.74 Å². The Hall–Kier alpha value is -1.10. The van der Waals surface area contributed by atoms with Crippen LogP contribution in [0.1, 0.15) is 46.5 Å². The number of ether oxygens (including phenoxy) is 1. The molecule has 0 aliphatic carbocycles. The van der Waals surface area contributed by atoms with Crippen molar-refractivity contribution in [1.29, 1.82) is 0 Å². The van der Waals surface area contributed by atoms with Gasteiger partial charge in [0.05, 0.1) is 6.10 Å². The SMILES string of the molecule is CCC1NC(=O)C(C(C)CC)N(CC2CCCO2)C1=O. The number of hydrogen-bond acceptors (Lipinski definition) is 3. The Kier molecular flexibility index (Phi) is 5.02. The summed E-state index contributed by atoms with van der Waals surface area (Å²) in [6.45, 7) is 7.34. The molecule has 114 valence electrons. The summed E-state index contributed by atoms with van der Waals surface area (Å²) >= 11 is 0. The van der Waals surface area contributed by atoms with Crippen LogP contribution in [-0.2, 0) is 14.3 Å². The second-order valence-corrected chi connectivity index (χ2v) is 5.93. The van der Waals surface area contributed by atoms with Crippen molar-refractivity contribution in [3.05, 3.63) is 0 Å². The summed E-state index contributed by atoms with van der Waals surface area (Å²) in [5.74, 6) is 0.204. The van der Waals surface area contributed by atoms with Gasteiger partial charge in [-0.05, 0) is 25.2 Å². The number of hydrogen-bond donors (Lipinski definition) is 1. The quantitative estimate of drug-likeness (QED) is 0.827. The molecule has 0 saturated carbocycles. The van der Waals surface area contributed by atoms with E-state index in [1.807, 2.05) is 13.8 Å². The Morgan fingerprint density at radius 3 is 2.70 bits per heavy atom. The van der Waals surface area contributed by atoms with Gasteiger partial charge in [0, 0.05) is 13.2 Å². The van der Waals surface area contributed by atoms with Crippen LogP contribution in [-0.4, -0.2) is 48.1 Å². The smallest absolute Gasteiger partial charge is 0.245 e. The summed E-state index contributed by atoms with van der Waals surface area (Å²) < 4.78 is 5.64. The molecule has 2 saturated heterocycles. The standard InChI is InChI=1S/C15H26N2O3/c1-4-10(3)13-14(18)16-12(5-2)15(19)17(13)9-11-7-6-8-20-11/h10-13H,4-9H2,1-3H3,(H,16,18). The first-order valence-corrected chi connectivity index (χ1v) is 7.80. The molecule has 4 atom stereocenters. The molecule has 4 unspecified atom stereocenters. The first-order chi connectivity index (χ1) is 9.58. The summed E-state index contributed by atoms with van der Waals surface area (Å²) in [5, 5.41) is 2.87. The van der Waals surface area contributed by atoms with Crippen LogP contribution in [0.3, 0.4) is 0 Å². The molecule has 0 spiro atoms. The zero-order valence-corrected chi connectivity index (χ0v) is 12.7. The number of rotatable bonds is 5. The van der Waals surface area contributed by atoms with E-state index in [9.17, 15) is 9.59 Å². The minimum Gasteiger partial charge on any atom is -0.376 e. The van der Waals surface area contributed by atoms with Crippen LogP contribution in [0.2, 0.25) is 0 Å². The lowest BCUT2D eigenvalue weighted by atomic mass is 9.92. The van der Waals surface area contributed by atoms with Gasteiger partial charge in [-0.25, -0.2) is 0 Å². The van der Waals surface area contributed by atoms with Crippen molar-refractivity contribution in [3.8, 4) is 0 Å². The molecule has 1 N–H and O–H groups in total. The van der Waals surface area contributed by atoms with Gasteiger partial charge >= 0.3 is 0 Å². The molecule has 2 rings (SSSR count). The fourth-order valence-corrected chi connectivity index (χ4v) is 3.07. The maximum atomic E-state index is 12.6. The Bertz CT molecular complexity index is 366. The van der Waals surface area contributed by atoms with E-state index in [2.05, 4.69) is 12.2 Å². The molecule has 20 heavy (non-hydrogen) atoms. The molecule has 0 radical (unpaired) electrons. The maximum Gasteiger partial charge on any atom is 0.245 e. The molecule has 0 aromatic rings. The molecule has 0 aromatic carbocycles. The predicted octanol–water partition coefficient (Wildman–Crippen LogP) is 1.32. The Morgan fingerprint density at radius 2 is 2.15 bits per heavy atom. The Labute approximate surface area is 121 Å². The van der Waals surface area contributed by atoms with Gasteiger partial charge in [-0.2, -0.15) is 0 Å². The molecule has 2 fully saturated rings. The maximum absolute atomic E-state index is 12.6. The van der Waals surface area contributed by atoms with Crippen LogP contribution < -0.4 is 5.32 Å². The second kappa shape index (κ2) is 6.57. The second-order valence-electron chi connectivity index (χ2n) is 5.93. The molecule has 0 aromatic heterocycles. The van der Waals surface area contributed by atoms with Crippen LogP contribution >= 0.6 is 0 Å². The van der Waals surface area contributed by atoms with E-state index in [1.54, 1.807) is 4.90 Å². The van der Waals surface area contributed by atoms with Gasteiger partial charge in [-0.15, -0.1) is 0 Å². The number of amides is 2. The highest BCUT2D eigenvalue weighted by Crippen LogP contribution is 2.24. The van der Waals surface area contributed by atoms with E-state index >= 15 is 0 Å². The van der Waals surface area contributed by atoms with E-state index in [0.717, 1.165) is 25.9 Å². The largest absolute Gasteiger partial charge is 0.376 e. The highest BCUT2D eigenvalue weighted by atomic mass is 16.5. The fraction of sp³-hybridized carbons (Fsp3) is 0.867. The van der Waals surface area contributed by atoms with Crippen molar-refractivity contribution < 1.29 is 14.3 Å². The van der Waals surface area contributed by atoms with Crippen LogP contribution in [0.4, 0.5) is 0 Å². The number of nitrogens with one attached hydrogen (secondary N) is 1. The molecular formula is C15H26N2O3. The fourth-order valence-electron chi connectivity index (χ4n) is 3.07. The molecule has 0 bridgehead atoms. The zero-order valence-electron chi connectivity index (χ0n) is 12.7. The van der Waals surface area contributed by atoms with Crippen molar-refractivity contribution in [1.82, 2.24) is 10.2 Å². The van der Waals surface area contributed by atoms with Crippen LogP contribution in [0.5, 0.6) is 0 Å². The average molecular weight is 282 g/mol. The lowest BCUT2D eigenvalue weighted by Gasteiger charge is -2.42. The third kappa shape index (κ3) is 2.97.